The van der Waals surface area contributed by atoms with E-state index in [2.05, 4.69) is 17.5 Å². The van der Waals surface area contributed by atoms with Crippen LogP contribution in [0.1, 0.15) is 49.2 Å². The van der Waals surface area contributed by atoms with E-state index in [-0.39, 0.29) is 5.91 Å². The molecule has 0 saturated heterocycles. The number of hydrazone groups is 1. The second-order valence-corrected chi connectivity index (χ2v) is 4.67. The number of nitrogens with one attached hydrogen (secondary N) is 1. The highest BCUT2D eigenvalue weighted by molar-refractivity contribution is 7.12. The van der Waals surface area contributed by atoms with Gasteiger partial charge in [0.1, 0.15) is 0 Å². The first kappa shape index (κ1) is 12.9. The Kier molecular flexibility index (Phi) is 5.78. The molecule has 0 aliphatic rings. The number of rotatable bonds is 6. The molecule has 1 amide bonds. The minimum absolute atomic E-state index is 0.121. The van der Waals surface area contributed by atoms with E-state index in [1.54, 1.807) is 6.07 Å². The third kappa shape index (κ3) is 4.57. The largest absolute Gasteiger partial charge is 0.281 e. The SMILES string of the molecule is CCCCC/C(C)=N/NC(=O)c1cccs1. The van der Waals surface area contributed by atoms with Crippen LogP contribution < -0.4 is 5.43 Å². The van der Waals surface area contributed by atoms with Gasteiger partial charge in [0.2, 0.25) is 0 Å². The third-order valence-electron chi connectivity index (χ3n) is 2.24. The zero-order chi connectivity index (χ0) is 11.8. The van der Waals surface area contributed by atoms with Gasteiger partial charge in [-0.1, -0.05) is 25.8 Å². The molecular weight excluding hydrogens is 220 g/mol. The van der Waals surface area contributed by atoms with Crippen molar-refractivity contribution in [2.24, 2.45) is 5.10 Å². The van der Waals surface area contributed by atoms with Crippen molar-refractivity contribution >= 4 is 23.0 Å². The van der Waals surface area contributed by atoms with E-state index in [0.717, 1.165) is 18.6 Å². The highest BCUT2D eigenvalue weighted by Gasteiger charge is 2.04. The molecule has 0 aromatic carbocycles. The molecule has 0 atom stereocenters. The van der Waals surface area contributed by atoms with E-state index in [9.17, 15) is 4.79 Å². The van der Waals surface area contributed by atoms with Crippen molar-refractivity contribution in [3.63, 3.8) is 0 Å². The first-order valence-corrected chi connectivity index (χ1v) is 6.49. The third-order valence-corrected chi connectivity index (χ3v) is 3.10. The van der Waals surface area contributed by atoms with Gasteiger partial charge in [-0.15, -0.1) is 11.3 Å². The van der Waals surface area contributed by atoms with Gasteiger partial charge in [-0.05, 0) is 31.2 Å². The zero-order valence-electron chi connectivity index (χ0n) is 9.82. The fourth-order valence-electron chi connectivity index (χ4n) is 1.30. The van der Waals surface area contributed by atoms with E-state index in [4.69, 9.17) is 0 Å². The van der Waals surface area contributed by atoms with Crippen LogP contribution in [0, 0.1) is 0 Å². The molecule has 0 aliphatic heterocycles. The van der Waals surface area contributed by atoms with Crippen molar-refractivity contribution in [3.05, 3.63) is 22.4 Å². The number of hydrogen-bond donors (Lipinski definition) is 1. The molecule has 1 N–H and O–H groups in total. The molecule has 0 radical (unpaired) electrons. The summed E-state index contributed by atoms with van der Waals surface area (Å²) in [5.74, 6) is -0.121. The van der Waals surface area contributed by atoms with Crippen LogP contribution in [0.5, 0.6) is 0 Å². The zero-order valence-corrected chi connectivity index (χ0v) is 10.6. The van der Waals surface area contributed by atoms with Crippen LogP contribution in [0.25, 0.3) is 0 Å². The van der Waals surface area contributed by atoms with E-state index < -0.39 is 0 Å². The summed E-state index contributed by atoms with van der Waals surface area (Å²) in [6.07, 6.45) is 4.51. The van der Waals surface area contributed by atoms with E-state index in [1.165, 1.54) is 24.2 Å². The highest BCUT2D eigenvalue weighted by atomic mass is 32.1. The summed E-state index contributed by atoms with van der Waals surface area (Å²) >= 11 is 1.42. The van der Waals surface area contributed by atoms with Gasteiger partial charge < -0.3 is 0 Å². The van der Waals surface area contributed by atoms with Gasteiger partial charge in [-0.3, -0.25) is 4.79 Å². The standard InChI is InChI=1S/C12H18N2OS/c1-3-4-5-7-10(2)13-14-12(15)11-8-6-9-16-11/h6,8-9H,3-5,7H2,1-2H3,(H,14,15)/b13-10+. The summed E-state index contributed by atoms with van der Waals surface area (Å²) in [5.41, 5.74) is 3.56. The molecule has 4 heteroatoms. The van der Waals surface area contributed by atoms with Crippen LogP contribution in [0.4, 0.5) is 0 Å². The quantitative estimate of drug-likeness (QED) is 0.460. The molecule has 3 nitrogen and oxygen atoms in total. The minimum atomic E-state index is -0.121. The maximum Gasteiger partial charge on any atom is 0.281 e. The van der Waals surface area contributed by atoms with E-state index in [1.807, 2.05) is 18.4 Å². The Morgan fingerprint density at radius 2 is 2.31 bits per heavy atom. The Balaban J connectivity index is 2.32. The number of thiophene rings is 1. The van der Waals surface area contributed by atoms with Crippen molar-refractivity contribution < 1.29 is 4.79 Å². The molecule has 1 aromatic rings. The Hall–Kier alpha value is -1.16. The first-order valence-electron chi connectivity index (χ1n) is 5.61. The maximum atomic E-state index is 11.5. The molecule has 0 aliphatic carbocycles. The first-order chi connectivity index (χ1) is 7.74. The predicted octanol–water partition coefficient (Wildman–Crippen LogP) is 3.43. The monoisotopic (exact) mass is 238 g/mol. The van der Waals surface area contributed by atoms with Crippen LogP contribution >= 0.6 is 11.3 Å². The Bertz CT molecular complexity index is 344. The van der Waals surface area contributed by atoms with Crippen LogP contribution in [0.2, 0.25) is 0 Å². The lowest BCUT2D eigenvalue weighted by Crippen LogP contribution is -2.17. The second kappa shape index (κ2) is 7.17. The molecule has 0 spiro atoms. The topological polar surface area (TPSA) is 41.5 Å². The lowest BCUT2D eigenvalue weighted by atomic mass is 10.1. The lowest BCUT2D eigenvalue weighted by molar-refractivity contribution is 0.0958. The van der Waals surface area contributed by atoms with Crippen molar-refractivity contribution in [1.82, 2.24) is 5.43 Å². The smallest absolute Gasteiger partial charge is 0.266 e. The summed E-state index contributed by atoms with van der Waals surface area (Å²) in [5, 5.41) is 5.96. The van der Waals surface area contributed by atoms with Crippen LogP contribution in [-0.4, -0.2) is 11.6 Å². The van der Waals surface area contributed by atoms with Crippen molar-refractivity contribution in [3.8, 4) is 0 Å². The number of carbonyl (C=O) groups is 1. The number of hydrogen-bond acceptors (Lipinski definition) is 3. The molecular formula is C12H18N2OS. The lowest BCUT2D eigenvalue weighted by Gasteiger charge is -2.00. The maximum absolute atomic E-state index is 11.5. The Labute approximate surface area is 101 Å². The number of carbonyl (C=O) groups excluding carboxylic acids is 1. The van der Waals surface area contributed by atoms with Crippen molar-refractivity contribution in [2.75, 3.05) is 0 Å². The summed E-state index contributed by atoms with van der Waals surface area (Å²) < 4.78 is 0. The van der Waals surface area contributed by atoms with Gasteiger partial charge in [-0.25, -0.2) is 5.43 Å². The van der Waals surface area contributed by atoms with Gasteiger partial charge in [0, 0.05) is 5.71 Å². The highest BCUT2D eigenvalue weighted by Crippen LogP contribution is 2.07. The van der Waals surface area contributed by atoms with Gasteiger partial charge in [0.05, 0.1) is 4.88 Å². The Morgan fingerprint density at radius 3 is 2.94 bits per heavy atom. The molecule has 0 fully saturated rings. The van der Waals surface area contributed by atoms with Gasteiger partial charge in [0.25, 0.3) is 5.91 Å². The summed E-state index contributed by atoms with van der Waals surface area (Å²) in [6, 6.07) is 3.65. The van der Waals surface area contributed by atoms with Crippen LogP contribution in [-0.2, 0) is 0 Å². The van der Waals surface area contributed by atoms with Crippen LogP contribution in [0.3, 0.4) is 0 Å². The molecule has 0 saturated carbocycles. The summed E-state index contributed by atoms with van der Waals surface area (Å²) in [4.78, 5) is 12.2. The fraction of sp³-hybridized carbons (Fsp3) is 0.500. The average Bonchev–Trinajstić information content (AvgIpc) is 2.79. The fourth-order valence-corrected chi connectivity index (χ4v) is 1.91. The van der Waals surface area contributed by atoms with Gasteiger partial charge in [-0.2, -0.15) is 5.10 Å². The molecule has 0 bridgehead atoms. The molecule has 1 heterocycles. The Morgan fingerprint density at radius 1 is 1.50 bits per heavy atom. The minimum Gasteiger partial charge on any atom is -0.266 e. The van der Waals surface area contributed by atoms with Crippen molar-refractivity contribution in [2.45, 2.75) is 39.5 Å². The van der Waals surface area contributed by atoms with E-state index >= 15 is 0 Å². The molecule has 1 rings (SSSR count). The van der Waals surface area contributed by atoms with Gasteiger partial charge >= 0.3 is 0 Å². The van der Waals surface area contributed by atoms with E-state index in [0.29, 0.717) is 4.88 Å². The van der Waals surface area contributed by atoms with Crippen molar-refractivity contribution in [1.29, 1.82) is 0 Å². The molecule has 88 valence electrons. The second-order valence-electron chi connectivity index (χ2n) is 3.72. The molecule has 0 unspecified atom stereocenters. The summed E-state index contributed by atoms with van der Waals surface area (Å²) in [7, 11) is 0. The number of amides is 1. The molecule has 1 aromatic heterocycles. The predicted molar refractivity (Wildman–Crippen MR) is 69.0 cm³/mol. The van der Waals surface area contributed by atoms with Gasteiger partial charge in [0.15, 0.2) is 0 Å². The average molecular weight is 238 g/mol. The molecule has 16 heavy (non-hydrogen) atoms. The normalized spacial score (nSPS) is 11.5. The number of nitrogens with zero attached hydrogens (tertiary/aromatic N) is 1. The van der Waals surface area contributed by atoms with Crippen LogP contribution in [0.15, 0.2) is 22.6 Å². The number of unbranched alkanes of at least 4 members (excludes halogenated alkanes) is 2. The summed E-state index contributed by atoms with van der Waals surface area (Å²) in [6.45, 7) is 4.12.